The summed E-state index contributed by atoms with van der Waals surface area (Å²) in [5.74, 6) is -0.383. The Hall–Kier alpha value is -1.80. The van der Waals surface area contributed by atoms with Crippen molar-refractivity contribution in [3.8, 4) is 0 Å². The van der Waals surface area contributed by atoms with Crippen LogP contribution in [0.2, 0.25) is 5.02 Å². The predicted molar refractivity (Wildman–Crippen MR) is 83.7 cm³/mol. The lowest BCUT2D eigenvalue weighted by atomic mass is 10.2. The molecule has 0 radical (unpaired) electrons. The first-order chi connectivity index (χ1) is 10.3. The molecule has 1 aromatic rings. The molecule has 3 amide bonds. The van der Waals surface area contributed by atoms with E-state index in [1.165, 1.54) is 0 Å². The maximum Gasteiger partial charge on any atom is 0.319 e. The normalized spacial score (nSPS) is 19.4. The third kappa shape index (κ3) is 5.19. The summed E-state index contributed by atoms with van der Waals surface area (Å²) in [6.07, 6.45) is 0.408. The van der Waals surface area contributed by atoms with Crippen LogP contribution in [0.5, 0.6) is 0 Å². The fraction of sp³-hybridized carbons (Fsp3) is 0.385. The SMILES string of the molecule is O=C(CNC(=O)Nc1ccc(Cl)cc1)N[C@H]1CCS(=O)(=O)C1. The summed E-state index contributed by atoms with van der Waals surface area (Å²) in [5.41, 5.74) is 0.546. The topological polar surface area (TPSA) is 104 Å². The predicted octanol–water partition coefficient (Wildman–Crippen LogP) is 0.765. The van der Waals surface area contributed by atoms with E-state index >= 15 is 0 Å². The highest BCUT2D eigenvalue weighted by molar-refractivity contribution is 7.91. The van der Waals surface area contributed by atoms with Crippen LogP contribution >= 0.6 is 11.6 Å². The van der Waals surface area contributed by atoms with Crippen molar-refractivity contribution in [2.45, 2.75) is 12.5 Å². The van der Waals surface area contributed by atoms with Gasteiger partial charge in [0.25, 0.3) is 0 Å². The average molecular weight is 346 g/mol. The molecule has 1 aromatic carbocycles. The van der Waals surface area contributed by atoms with Crippen LogP contribution in [0.15, 0.2) is 24.3 Å². The second-order valence-corrected chi connectivity index (χ2v) is 7.65. The van der Waals surface area contributed by atoms with Crippen molar-refractivity contribution in [2.24, 2.45) is 0 Å². The van der Waals surface area contributed by atoms with Crippen LogP contribution in [0.4, 0.5) is 10.5 Å². The molecule has 1 aliphatic rings. The van der Waals surface area contributed by atoms with Gasteiger partial charge in [0.2, 0.25) is 5.91 Å². The Morgan fingerprint density at radius 3 is 2.50 bits per heavy atom. The number of benzene rings is 1. The van der Waals surface area contributed by atoms with Gasteiger partial charge in [0.15, 0.2) is 9.84 Å². The molecule has 1 atom stereocenters. The van der Waals surface area contributed by atoms with E-state index in [1.807, 2.05) is 0 Å². The molecule has 9 heteroatoms. The Morgan fingerprint density at radius 1 is 1.23 bits per heavy atom. The Balaban J connectivity index is 1.72. The third-order valence-electron chi connectivity index (χ3n) is 3.11. The first-order valence-corrected chi connectivity index (χ1v) is 8.84. The summed E-state index contributed by atoms with van der Waals surface area (Å²) in [6, 6.07) is 5.61. The van der Waals surface area contributed by atoms with Gasteiger partial charge in [0.1, 0.15) is 0 Å². The van der Waals surface area contributed by atoms with Gasteiger partial charge in [-0.3, -0.25) is 4.79 Å². The fourth-order valence-corrected chi connectivity index (χ4v) is 3.86. The zero-order chi connectivity index (χ0) is 16.2. The monoisotopic (exact) mass is 345 g/mol. The largest absolute Gasteiger partial charge is 0.351 e. The molecule has 0 spiro atoms. The van der Waals surface area contributed by atoms with Gasteiger partial charge in [0.05, 0.1) is 18.1 Å². The molecule has 22 heavy (non-hydrogen) atoms. The summed E-state index contributed by atoms with van der Waals surface area (Å²) in [5, 5.41) is 8.08. The third-order valence-corrected chi connectivity index (χ3v) is 5.13. The van der Waals surface area contributed by atoms with E-state index in [2.05, 4.69) is 16.0 Å². The van der Waals surface area contributed by atoms with Gasteiger partial charge in [-0.1, -0.05) is 11.6 Å². The average Bonchev–Trinajstić information content (AvgIpc) is 2.78. The number of amides is 3. The highest BCUT2D eigenvalue weighted by Crippen LogP contribution is 2.13. The molecular weight excluding hydrogens is 330 g/mol. The summed E-state index contributed by atoms with van der Waals surface area (Å²) in [7, 11) is -3.04. The second-order valence-electron chi connectivity index (χ2n) is 4.98. The number of rotatable bonds is 4. The number of hydrogen-bond acceptors (Lipinski definition) is 4. The number of anilines is 1. The van der Waals surface area contributed by atoms with Gasteiger partial charge < -0.3 is 16.0 Å². The highest BCUT2D eigenvalue weighted by atomic mass is 35.5. The number of sulfone groups is 1. The van der Waals surface area contributed by atoms with E-state index in [1.54, 1.807) is 24.3 Å². The molecule has 2 rings (SSSR count). The van der Waals surface area contributed by atoms with Crippen molar-refractivity contribution in [3.63, 3.8) is 0 Å². The number of nitrogens with one attached hydrogen (secondary N) is 3. The summed E-state index contributed by atoms with van der Waals surface area (Å²) in [4.78, 5) is 23.3. The van der Waals surface area contributed by atoms with Crippen molar-refractivity contribution < 1.29 is 18.0 Å². The van der Waals surface area contributed by atoms with Gasteiger partial charge in [-0.2, -0.15) is 0 Å². The van der Waals surface area contributed by atoms with Crippen LogP contribution in [0, 0.1) is 0 Å². The molecule has 0 aromatic heterocycles. The maximum atomic E-state index is 11.6. The molecule has 1 aliphatic heterocycles. The van der Waals surface area contributed by atoms with Gasteiger partial charge in [-0.15, -0.1) is 0 Å². The lowest BCUT2D eigenvalue weighted by molar-refractivity contribution is -0.120. The van der Waals surface area contributed by atoms with Gasteiger partial charge in [-0.05, 0) is 30.7 Å². The minimum atomic E-state index is -3.04. The molecule has 120 valence electrons. The molecule has 3 N–H and O–H groups in total. The van der Waals surface area contributed by atoms with E-state index in [0.29, 0.717) is 17.1 Å². The molecule has 1 heterocycles. The van der Waals surface area contributed by atoms with E-state index in [9.17, 15) is 18.0 Å². The zero-order valence-electron chi connectivity index (χ0n) is 11.6. The molecular formula is C13H16ClN3O4S. The summed E-state index contributed by atoms with van der Waals surface area (Å²) in [6.45, 7) is -0.226. The second kappa shape index (κ2) is 6.97. The first kappa shape index (κ1) is 16.6. The van der Waals surface area contributed by atoms with Crippen molar-refractivity contribution >= 4 is 39.1 Å². The van der Waals surface area contributed by atoms with Gasteiger partial charge in [-0.25, -0.2) is 13.2 Å². The number of urea groups is 1. The standard InChI is InChI=1S/C13H16ClN3O4S/c14-9-1-3-10(4-2-9)17-13(19)15-7-12(18)16-11-5-6-22(20,21)8-11/h1-4,11H,5-8H2,(H,16,18)(H2,15,17,19)/t11-/m0/s1. The summed E-state index contributed by atoms with van der Waals surface area (Å²) < 4.78 is 22.6. The molecule has 0 saturated carbocycles. The van der Waals surface area contributed by atoms with Crippen LogP contribution in [-0.4, -0.2) is 44.4 Å². The highest BCUT2D eigenvalue weighted by Gasteiger charge is 2.28. The Morgan fingerprint density at radius 2 is 1.91 bits per heavy atom. The summed E-state index contributed by atoms with van der Waals surface area (Å²) >= 11 is 5.73. The van der Waals surface area contributed by atoms with E-state index < -0.39 is 21.8 Å². The zero-order valence-corrected chi connectivity index (χ0v) is 13.2. The minimum Gasteiger partial charge on any atom is -0.351 e. The molecule has 1 saturated heterocycles. The van der Waals surface area contributed by atoms with Crippen LogP contribution in [0.1, 0.15) is 6.42 Å². The molecule has 0 unspecified atom stereocenters. The van der Waals surface area contributed by atoms with Crippen molar-refractivity contribution in [1.82, 2.24) is 10.6 Å². The number of carbonyl (C=O) groups excluding carboxylic acids is 2. The lowest BCUT2D eigenvalue weighted by Crippen LogP contribution is -2.43. The molecule has 7 nitrogen and oxygen atoms in total. The fourth-order valence-electron chi connectivity index (χ4n) is 2.06. The first-order valence-electron chi connectivity index (χ1n) is 6.64. The number of halogens is 1. The maximum absolute atomic E-state index is 11.6. The quantitative estimate of drug-likeness (QED) is 0.749. The van der Waals surface area contributed by atoms with Gasteiger partial charge in [0, 0.05) is 16.8 Å². The Bertz CT molecular complexity index is 660. The van der Waals surface area contributed by atoms with Crippen LogP contribution < -0.4 is 16.0 Å². The number of carbonyl (C=O) groups is 2. The smallest absolute Gasteiger partial charge is 0.319 e. The van der Waals surface area contributed by atoms with Crippen molar-refractivity contribution in [3.05, 3.63) is 29.3 Å². The van der Waals surface area contributed by atoms with Crippen LogP contribution in [0.3, 0.4) is 0 Å². The number of hydrogen-bond donors (Lipinski definition) is 3. The minimum absolute atomic E-state index is 0.0459. The molecule has 1 fully saturated rings. The van der Waals surface area contributed by atoms with E-state index in [-0.39, 0.29) is 24.1 Å². The molecule has 0 bridgehead atoms. The van der Waals surface area contributed by atoms with E-state index in [4.69, 9.17) is 11.6 Å². The van der Waals surface area contributed by atoms with Gasteiger partial charge >= 0.3 is 6.03 Å². The van der Waals surface area contributed by atoms with Crippen molar-refractivity contribution in [2.75, 3.05) is 23.4 Å². The molecule has 0 aliphatic carbocycles. The Labute approximate surface area is 133 Å². The lowest BCUT2D eigenvalue weighted by Gasteiger charge is -2.12. The Kier molecular flexibility index (Phi) is 5.25. The van der Waals surface area contributed by atoms with Crippen LogP contribution in [0.25, 0.3) is 0 Å². The van der Waals surface area contributed by atoms with Crippen molar-refractivity contribution in [1.29, 1.82) is 0 Å². The van der Waals surface area contributed by atoms with E-state index in [0.717, 1.165) is 0 Å². The van der Waals surface area contributed by atoms with Crippen LogP contribution in [-0.2, 0) is 14.6 Å².